The third kappa shape index (κ3) is 1.47. The number of piperazine rings is 1. The molecule has 1 saturated heterocycles. The Hall–Kier alpha value is -0.610. The minimum atomic E-state index is -0.0778. The van der Waals surface area contributed by atoms with Crippen LogP contribution in [0.5, 0.6) is 0 Å². The number of anilines is 1. The van der Waals surface area contributed by atoms with Crippen LogP contribution in [0.25, 0.3) is 0 Å². The predicted molar refractivity (Wildman–Crippen MR) is 66.4 cm³/mol. The molecular formula is C12H14BrFN2. The van der Waals surface area contributed by atoms with Gasteiger partial charge in [-0.3, -0.25) is 0 Å². The fraction of sp³-hybridized carbons (Fsp3) is 0.500. The molecule has 3 rings (SSSR count). The highest BCUT2D eigenvalue weighted by Gasteiger charge is 2.36. The number of hydrogen-bond donors (Lipinski definition) is 1. The summed E-state index contributed by atoms with van der Waals surface area (Å²) in [4.78, 5) is 2.36. The van der Waals surface area contributed by atoms with E-state index in [0.717, 1.165) is 35.2 Å². The first kappa shape index (κ1) is 10.5. The smallest absolute Gasteiger partial charge is 0.129 e. The highest BCUT2D eigenvalue weighted by Crippen LogP contribution is 2.38. The number of halogens is 2. The molecule has 1 unspecified atom stereocenters. The Labute approximate surface area is 103 Å². The lowest BCUT2D eigenvalue weighted by Crippen LogP contribution is -2.54. The Bertz CT molecular complexity index is 435. The molecule has 0 aromatic heterocycles. The van der Waals surface area contributed by atoms with Gasteiger partial charge in [0, 0.05) is 40.9 Å². The zero-order chi connectivity index (χ0) is 11.3. The van der Waals surface area contributed by atoms with Crippen molar-refractivity contribution < 1.29 is 4.39 Å². The highest BCUT2D eigenvalue weighted by atomic mass is 79.9. The maximum absolute atomic E-state index is 13.8. The molecule has 0 saturated carbocycles. The van der Waals surface area contributed by atoms with Crippen LogP contribution in [0.3, 0.4) is 0 Å². The molecule has 2 aliphatic heterocycles. The minimum Gasteiger partial charge on any atom is -0.363 e. The Morgan fingerprint density at radius 2 is 2.25 bits per heavy atom. The molecular weight excluding hydrogens is 271 g/mol. The van der Waals surface area contributed by atoms with Crippen molar-refractivity contribution in [1.82, 2.24) is 5.32 Å². The average Bonchev–Trinajstić information content (AvgIpc) is 2.58. The quantitative estimate of drug-likeness (QED) is 0.787. The van der Waals surface area contributed by atoms with E-state index in [1.807, 2.05) is 6.07 Å². The van der Waals surface area contributed by atoms with E-state index in [1.54, 1.807) is 6.07 Å². The Morgan fingerprint density at radius 1 is 1.44 bits per heavy atom. The van der Waals surface area contributed by atoms with Crippen LogP contribution in [0.2, 0.25) is 0 Å². The zero-order valence-corrected chi connectivity index (χ0v) is 10.7. The maximum atomic E-state index is 13.8. The predicted octanol–water partition coefficient (Wildman–Crippen LogP) is 2.31. The van der Waals surface area contributed by atoms with Gasteiger partial charge in [-0.2, -0.15) is 0 Å². The zero-order valence-electron chi connectivity index (χ0n) is 9.13. The van der Waals surface area contributed by atoms with Crippen molar-refractivity contribution in [2.45, 2.75) is 25.4 Å². The van der Waals surface area contributed by atoms with E-state index >= 15 is 0 Å². The van der Waals surface area contributed by atoms with Gasteiger partial charge in [-0.25, -0.2) is 4.39 Å². The second-order valence-corrected chi connectivity index (χ2v) is 5.57. The molecule has 1 aromatic carbocycles. The number of nitrogens with one attached hydrogen (secondary N) is 1. The number of hydrogen-bond acceptors (Lipinski definition) is 2. The van der Waals surface area contributed by atoms with Crippen molar-refractivity contribution in [1.29, 1.82) is 0 Å². The first-order valence-corrected chi connectivity index (χ1v) is 6.43. The molecule has 2 heterocycles. The third-order valence-electron chi connectivity index (χ3n) is 3.54. The molecule has 0 radical (unpaired) electrons. The lowest BCUT2D eigenvalue weighted by molar-refractivity contribution is 0.429. The molecule has 4 heteroatoms. The topological polar surface area (TPSA) is 15.3 Å². The van der Waals surface area contributed by atoms with Gasteiger partial charge in [0.2, 0.25) is 0 Å². The van der Waals surface area contributed by atoms with Crippen molar-refractivity contribution in [3.63, 3.8) is 0 Å². The standard InChI is InChI=1S/C12H14BrFN2/c1-7-5-15-6-9-4-10-11(14)2-8(13)3-12(10)16(7)9/h2-3,7,9,15H,4-6H2,1H3/t7?,9-/m1/s1. The van der Waals surface area contributed by atoms with E-state index < -0.39 is 0 Å². The van der Waals surface area contributed by atoms with Crippen LogP contribution >= 0.6 is 15.9 Å². The second kappa shape index (κ2) is 3.70. The molecule has 1 aromatic rings. The first-order valence-electron chi connectivity index (χ1n) is 5.64. The van der Waals surface area contributed by atoms with Gasteiger partial charge in [0.25, 0.3) is 0 Å². The number of nitrogens with zero attached hydrogens (tertiary/aromatic N) is 1. The summed E-state index contributed by atoms with van der Waals surface area (Å²) in [6.07, 6.45) is 0.825. The van der Waals surface area contributed by atoms with Gasteiger partial charge in [0.1, 0.15) is 5.82 Å². The van der Waals surface area contributed by atoms with Gasteiger partial charge >= 0.3 is 0 Å². The van der Waals surface area contributed by atoms with Crippen molar-refractivity contribution in [2.24, 2.45) is 0 Å². The van der Waals surface area contributed by atoms with Crippen LogP contribution in [0.4, 0.5) is 10.1 Å². The SMILES string of the molecule is CC1CNC[C@H]2Cc3c(F)cc(Br)cc3N12. The molecule has 2 aliphatic rings. The second-order valence-electron chi connectivity index (χ2n) is 4.66. The normalized spacial score (nSPS) is 27.8. The first-order chi connectivity index (χ1) is 7.66. The lowest BCUT2D eigenvalue weighted by Gasteiger charge is -2.38. The largest absolute Gasteiger partial charge is 0.363 e. The molecule has 0 aliphatic carbocycles. The van der Waals surface area contributed by atoms with E-state index in [9.17, 15) is 4.39 Å². The fourth-order valence-corrected chi connectivity index (χ4v) is 3.30. The van der Waals surface area contributed by atoms with E-state index in [2.05, 4.69) is 33.1 Å². The van der Waals surface area contributed by atoms with Gasteiger partial charge in [-0.05, 0) is 25.5 Å². The molecule has 0 amide bonds. The van der Waals surface area contributed by atoms with Crippen molar-refractivity contribution in [3.8, 4) is 0 Å². The maximum Gasteiger partial charge on any atom is 0.129 e. The van der Waals surface area contributed by atoms with Crippen LogP contribution in [0, 0.1) is 5.82 Å². The van der Waals surface area contributed by atoms with Gasteiger partial charge in [0.15, 0.2) is 0 Å². The van der Waals surface area contributed by atoms with Gasteiger partial charge in [0.05, 0.1) is 0 Å². The summed E-state index contributed by atoms with van der Waals surface area (Å²) in [5.41, 5.74) is 1.95. The van der Waals surface area contributed by atoms with E-state index in [-0.39, 0.29) is 5.82 Å². The molecule has 0 spiro atoms. The molecule has 2 atom stereocenters. The van der Waals surface area contributed by atoms with Crippen molar-refractivity contribution in [2.75, 3.05) is 18.0 Å². The van der Waals surface area contributed by atoms with Gasteiger partial charge < -0.3 is 10.2 Å². The summed E-state index contributed by atoms with van der Waals surface area (Å²) in [5, 5.41) is 3.40. The van der Waals surface area contributed by atoms with Crippen LogP contribution in [0.15, 0.2) is 16.6 Å². The number of benzene rings is 1. The van der Waals surface area contributed by atoms with Crippen molar-refractivity contribution in [3.05, 3.63) is 28.0 Å². The van der Waals surface area contributed by atoms with Gasteiger partial charge in [-0.15, -0.1) is 0 Å². The van der Waals surface area contributed by atoms with Crippen LogP contribution in [0.1, 0.15) is 12.5 Å². The molecule has 0 bridgehead atoms. The van der Waals surface area contributed by atoms with E-state index in [4.69, 9.17) is 0 Å². The summed E-state index contributed by atoms with van der Waals surface area (Å²) in [6, 6.07) is 4.46. The summed E-state index contributed by atoms with van der Waals surface area (Å²) in [5.74, 6) is -0.0778. The lowest BCUT2D eigenvalue weighted by atomic mass is 10.1. The summed E-state index contributed by atoms with van der Waals surface area (Å²) < 4.78 is 14.7. The molecule has 86 valence electrons. The van der Waals surface area contributed by atoms with Crippen LogP contribution in [-0.4, -0.2) is 25.2 Å². The molecule has 1 fully saturated rings. The van der Waals surface area contributed by atoms with Crippen LogP contribution in [-0.2, 0) is 6.42 Å². The number of rotatable bonds is 0. The average molecular weight is 285 g/mol. The number of fused-ring (bicyclic) bond motifs is 3. The van der Waals surface area contributed by atoms with Crippen LogP contribution < -0.4 is 10.2 Å². The van der Waals surface area contributed by atoms with Crippen molar-refractivity contribution >= 4 is 21.6 Å². The Morgan fingerprint density at radius 3 is 3.06 bits per heavy atom. The Balaban J connectivity index is 2.10. The fourth-order valence-electron chi connectivity index (χ4n) is 2.88. The monoisotopic (exact) mass is 284 g/mol. The minimum absolute atomic E-state index is 0.0778. The Kier molecular flexibility index (Phi) is 2.44. The summed E-state index contributed by atoms with van der Waals surface area (Å²) >= 11 is 3.37. The molecule has 1 N–H and O–H groups in total. The van der Waals surface area contributed by atoms with Gasteiger partial charge in [-0.1, -0.05) is 15.9 Å². The summed E-state index contributed by atoms with van der Waals surface area (Å²) in [7, 11) is 0. The van der Waals surface area contributed by atoms with E-state index in [1.165, 1.54) is 0 Å². The third-order valence-corrected chi connectivity index (χ3v) is 4.00. The van der Waals surface area contributed by atoms with E-state index in [0.29, 0.717) is 12.1 Å². The highest BCUT2D eigenvalue weighted by molar-refractivity contribution is 9.10. The molecule has 16 heavy (non-hydrogen) atoms. The molecule has 2 nitrogen and oxygen atoms in total. The summed E-state index contributed by atoms with van der Waals surface area (Å²) in [6.45, 7) is 4.12.